The average molecular weight is 266 g/mol. The van der Waals surface area contributed by atoms with E-state index in [1.165, 1.54) is 0 Å². The predicted octanol–water partition coefficient (Wildman–Crippen LogP) is -3.04. The van der Waals surface area contributed by atoms with Crippen molar-refractivity contribution in [2.75, 3.05) is 0 Å². The van der Waals surface area contributed by atoms with Gasteiger partial charge in [0.05, 0.1) is 0 Å². The Labute approximate surface area is 113 Å². The van der Waals surface area contributed by atoms with Crippen LogP contribution in [0.5, 0.6) is 0 Å². The number of phosphoric acid groups is 2. The Morgan fingerprint density at radius 3 is 1.06 bits per heavy atom. The van der Waals surface area contributed by atoms with Crippen LogP contribution in [-0.4, -0.2) is 69.2 Å². The van der Waals surface area contributed by atoms with Crippen molar-refractivity contribution in [3.8, 4) is 0 Å². The molecule has 0 spiro atoms. The van der Waals surface area contributed by atoms with Crippen LogP contribution in [-0.2, 0) is 27.8 Å². The molecule has 4 N–H and O–H groups in total. The molecule has 16 heavy (non-hydrogen) atoms. The van der Waals surface area contributed by atoms with Gasteiger partial charge in [0.1, 0.15) is 0 Å². The fraction of sp³-hybridized carbons (Fsp3) is 0. The maximum atomic E-state index is 10.3. The van der Waals surface area contributed by atoms with Gasteiger partial charge in [0.25, 0.3) is 0 Å². The molecule has 0 saturated heterocycles. The van der Waals surface area contributed by atoms with Gasteiger partial charge in [0.2, 0.25) is 0 Å². The van der Waals surface area contributed by atoms with E-state index in [9.17, 15) is 18.7 Å². The van der Waals surface area contributed by atoms with Gasteiger partial charge in [0, 0.05) is 0 Å². The second kappa shape index (κ2) is 7.70. The first kappa shape index (κ1) is 21.7. The Bertz CT molecular complexity index is 305. The van der Waals surface area contributed by atoms with Crippen molar-refractivity contribution < 1.29 is 47.3 Å². The van der Waals surface area contributed by atoms with Gasteiger partial charge in [-0.15, -0.1) is 0 Å². The number of carbonyl (C=O) groups is 2. The van der Waals surface area contributed by atoms with Gasteiger partial charge in [-0.25, -0.2) is 18.7 Å². The molecule has 0 radical (unpaired) electrons. The van der Waals surface area contributed by atoms with Crippen molar-refractivity contribution in [2.24, 2.45) is 0 Å². The molecule has 0 saturated carbocycles. The zero-order valence-corrected chi connectivity index (χ0v) is 7.92. The third-order valence-corrected chi connectivity index (χ3v) is 1.38. The van der Waals surface area contributed by atoms with Crippen molar-refractivity contribution in [3.05, 3.63) is 0 Å². The minimum absolute atomic E-state index is 0. The molecule has 0 unspecified atom stereocenters. The summed E-state index contributed by atoms with van der Waals surface area (Å²) in [5, 5.41) is 0. The van der Waals surface area contributed by atoms with Crippen molar-refractivity contribution in [1.82, 2.24) is 0 Å². The fourth-order valence-electron chi connectivity index (χ4n) is 0.291. The summed E-state index contributed by atoms with van der Waals surface area (Å²) in [6, 6.07) is 0. The zero-order valence-electron chi connectivity index (χ0n) is 6.13. The summed E-state index contributed by atoms with van der Waals surface area (Å²) in [6.07, 6.45) is 0. The van der Waals surface area contributed by atoms with Crippen LogP contribution in [0.1, 0.15) is 0 Å². The number of phosphoric ester groups is 2. The van der Waals surface area contributed by atoms with Gasteiger partial charge in [0.15, 0.2) is 0 Å². The molecular weight excluding hydrogens is 260 g/mol. The molecule has 0 aromatic carbocycles. The van der Waals surface area contributed by atoms with E-state index < -0.39 is 27.6 Å². The topological polar surface area (TPSA) is 168 Å². The van der Waals surface area contributed by atoms with E-state index in [2.05, 4.69) is 9.05 Å². The molecule has 0 aliphatic carbocycles. The van der Waals surface area contributed by atoms with E-state index >= 15 is 0 Å². The summed E-state index contributed by atoms with van der Waals surface area (Å²) in [7, 11) is -10.5. The summed E-state index contributed by atoms with van der Waals surface area (Å²) >= 11 is 0. The van der Waals surface area contributed by atoms with Crippen LogP contribution < -0.4 is 0 Å². The Morgan fingerprint density at radius 1 is 0.750 bits per heavy atom. The van der Waals surface area contributed by atoms with Crippen molar-refractivity contribution in [3.63, 3.8) is 0 Å². The van der Waals surface area contributed by atoms with Crippen molar-refractivity contribution >= 4 is 65.3 Å². The van der Waals surface area contributed by atoms with E-state index in [4.69, 9.17) is 19.6 Å². The zero-order chi connectivity index (χ0) is 11.6. The van der Waals surface area contributed by atoms with Crippen LogP contribution in [0.3, 0.4) is 0 Å². The maximum absolute atomic E-state index is 10.3. The van der Waals surface area contributed by atoms with Crippen LogP contribution in [0.25, 0.3) is 0 Å². The van der Waals surface area contributed by atoms with E-state index in [1.807, 2.05) is 0 Å². The summed E-state index contributed by atoms with van der Waals surface area (Å²) in [5.41, 5.74) is 0. The SMILES string of the molecule is O=C(OP(=O)(O)O)C(=O)OP(=O)(O)O.[LiH].[LiH]. The van der Waals surface area contributed by atoms with Gasteiger partial charge in [-0.1, -0.05) is 0 Å². The molecule has 0 heterocycles. The van der Waals surface area contributed by atoms with Gasteiger partial charge >= 0.3 is 65.3 Å². The number of carbonyl (C=O) groups excluding carboxylic acids is 2. The van der Waals surface area contributed by atoms with Crippen LogP contribution in [0.4, 0.5) is 0 Å². The Kier molecular flexibility index (Phi) is 10.4. The molecule has 86 valence electrons. The standard InChI is InChI=1S/C2H4O10P2.2Li.2H/c3-1(11-13(5,6)7)2(4)12-14(8,9)10;;;;/h(H2,5,6,7)(H2,8,9,10);;;;. The van der Waals surface area contributed by atoms with Gasteiger partial charge in [-0.2, -0.15) is 0 Å². The molecule has 0 rings (SSSR count). The molecule has 0 aromatic rings. The average Bonchev–Trinajstić information content (AvgIpc) is 1.78. The molecule has 0 atom stereocenters. The molecular formula is C2H6Li2O10P2. The Hall–Kier alpha value is 0.435. The summed E-state index contributed by atoms with van der Waals surface area (Å²) < 4.78 is 26.2. The van der Waals surface area contributed by atoms with Crippen LogP contribution in [0.2, 0.25) is 0 Å². The van der Waals surface area contributed by atoms with E-state index in [0.717, 1.165) is 0 Å². The van der Waals surface area contributed by atoms with Gasteiger partial charge < -0.3 is 9.05 Å². The first-order valence-electron chi connectivity index (χ1n) is 2.60. The van der Waals surface area contributed by atoms with Crippen molar-refractivity contribution in [1.29, 1.82) is 0 Å². The summed E-state index contributed by atoms with van der Waals surface area (Å²) in [5.74, 6) is -4.41. The van der Waals surface area contributed by atoms with Gasteiger partial charge in [-0.3, -0.25) is 19.6 Å². The van der Waals surface area contributed by atoms with Crippen molar-refractivity contribution in [2.45, 2.75) is 0 Å². The first-order valence-corrected chi connectivity index (χ1v) is 5.66. The molecule has 0 aliphatic rings. The van der Waals surface area contributed by atoms with Crippen LogP contribution >= 0.6 is 15.6 Å². The van der Waals surface area contributed by atoms with Gasteiger partial charge in [-0.05, 0) is 0 Å². The normalized spacial score (nSPS) is 10.5. The van der Waals surface area contributed by atoms with Crippen LogP contribution in [0, 0.1) is 0 Å². The van der Waals surface area contributed by atoms with E-state index in [0.29, 0.717) is 0 Å². The van der Waals surface area contributed by atoms with Crippen LogP contribution in [0.15, 0.2) is 0 Å². The van der Waals surface area contributed by atoms with E-state index in [1.54, 1.807) is 0 Å². The second-order valence-electron chi connectivity index (χ2n) is 1.74. The third-order valence-electron chi connectivity index (χ3n) is 0.570. The fourth-order valence-corrected chi connectivity index (χ4v) is 0.872. The first-order chi connectivity index (χ1) is 6.01. The molecule has 0 amide bonds. The molecule has 0 fully saturated rings. The predicted molar refractivity (Wildman–Crippen MR) is 50.6 cm³/mol. The number of hydrogen-bond acceptors (Lipinski definition) is 6. The molecule has 0 aromatic heterocycles. The summed E-state index contributed by atoms with van der Waals surface area (Å²) in [4.78, 5) is 52.6. The Morgan fingerprint density at radius 2 is 0.938 bits per heavy atom. The molecule has 14 heteroatoms. The number of rotatable bonds is 2. The summed E-state index contributed by atoms with van der Waals surface area (Å²) in [6.45, 7) is 0. The Balaban J connectivity index is -0.000000845. The monoisotopic (exact) mass is 266 g/mol. The molecule has 0 bridgehead atoms. The molecule has 0 aliphatic heterocycles. The quantitative estimate of drug-likeness (QED) is 0.229. The third kappa shape index (κ3) is 12.5. The minimum atomic E-state index is -5.24. The number of hydrogen-bond donors (Lipinski definition) is 4. The van der Waals surface area contributed by atoms with E-state index in [-0.39, 0.29) is 37.7 Å². The molecule has 10 nitrogen and oxygen atoms in total. The second-order valence-corrected chi connectivity index (χ2v) is 4.07.